The van der Waals surface area contributed by atoms with Crippen LogP contribution >= 0.6 is 0 Å². The number of ether oxygens (including phenoxy) is 1. The second kappa shape index (κ2) is 5.65. The maximum absolute atomic E-state index is 11.6. The van der Waals surface area contributed by atoms with E-state index in [-0.39, 0.29) is 5.91 Å². The molecule has 0 aliphatic carbocycles. The second-order valence-electron chi connectivity index (χ2n) is 3.73. The summed E-state index contributed by atoms with van der Waals surface area (Å²) in [6.45, 7) is 8.50. The van der Waals surface area contributed by atoms with Crippen molar-refractivity contribution < 1.29 is 9.53 Å². The molecule has 1 aromatic rings. The van der Waals surface area contributed by atoms with Gasteiger partial charge in [0.15, 0.2) is 0 Å². The fraction of sp³-hybridized carbons (Fsp3) is 0.636. The van der Waals surface area contributed by atoms with Gasteiger partial charge in [-0.1, -0.05) is 0 Å². The number of aromatic nitrogens is 2. The molecule has 0 aliphatic rings. The molecule has 0 bridgehead atoms. The number of nitrogens with zero attached hydrogens (tertiary/aromatic N) is 1. The van der Waals surface area contributed by atoms with Crippen LogP contribution < -0.4 is 5.32 Å². The lowest BCUT2D eigenvalue weighted by atomic mass is 10.2. The molecule has 0 fully saturated rings. The summed E-state index contributed by atoms with van der Waals surface area (Å²) in [6.07, 6.45) is -0.405. The Hall–Kier alpha value is -1.36. The molecule has 2 N–H and O–H groups in total. The molecule has 0 unspecified atom stereocenters. The number of aryl methyl sites for hydroxylation is 2. The first-order chi connectivity index (χ1) is 7.56. The molecule has 0 radical (unpaired) electrons. The Balaban J connectivity index is 2.49. The summed E-state index contributed by atoms with van der Waals surface area (Å²) in [4.78, 5) is 11.6. The van der Waals surface area contributed by atoms with E-state index in [9.17, 15) is 4.79 Å². The largest absolute Gasteiger partial charge is 0.369 e. The summed E-state index contributed by atoms with van der Waals surface area (Å²) in [7, 11) is 0. The predicted molar refractivity (Wildman–Crippen MR) is 61.0 cm³/mol. The molecule has 1 amide bonds. The molecule has 1 rings (SSSR count). The van der Waals surface area contributed by atoms with Crippen LogP contribution in [0.2, 0.25) is 0 Å². The molecule has 90 valence electrons. The minimum absolute atomic E-state index is 0.0955. The molecular weight excluding hydrogens is 206 g/mol. The van der Waals surface area contributed by atoms with Crippen molar-refractivity contribution in [2.24, 2.45) is 0 Å². The van der Waals surface area contributed by atoms with Gasteiger partial charge in [-0.15, -0.1) is 0 Å². The smallest absolute Gasteiger partial charge is 0.249 e. The molecule has 0 spiro atoms. The molecule has 0 saturated carbocycles. The van der Waals surface area contributed by atoms with Crippen LogP contribution in [0.4, 0.5) is 0 Å². The van der Waals surface area contributed by atoms with Gasteiger partial charge in [0.2, 0.25) is 5.91 Å². The van der Waals surface area contributed by atoms with E-state index in [1.165, 1.54) is 0 Å². The number of rotatable bonds is 5. The van der Waals surface area contributed by atoms with E-state index in [4.69, 9.17) is 4.74 Å². The van der Waals surface area contributed by atoms with Gasteiger partial charge in [0, 0.05) is 24.4 Å². The van der Waals surface area contributed by atoms with Crippen LogP contribution in [0, 0.1) is 13.8 Å². The Morgan fingerprint density at radius 2 is 2.25 bits per heavy atom. The molecule has 0 aromatic carbocycles. The standard InChI is InChI=1S/C11H19N3O2/c1-5-16-9(4)11(15)12-6-10-7(2)13-14-8(10)3/h9H,5-6H2,1-4H3,(H,12,15)(H,13,14)/t9-/m0/s1. The summed E-state index contributed by atoms with van der Waals surface area (Å²) < 4.78 is 5.20. The number of carbonyl (C=O) groups excluding carboxylic acids is 1. The average Bonchev–Trinajstić information content (AvgIpc) is 2.56. The van der Waals surface area contributed by atoms with Crippen molar-refractivity contribution in [3.63, 3.8) is 0 Å². The Morgan fingerprint density at radius 3 is 2.75 bits per heavy atom. The van der Waals surface area contributed by atoms with Gasteiger partial charge in [0.25, 0.3) is 0 Å². The lowest BCUT2D eigenvalue weighted by molar-refractivity contribution is -0.131. The first-order valence-electron chi connectivity index (χ1n) is 5.46. The van der Waals surface area contributed by atoms with Gasteiger partial charge in [0.1, 0.15) is 6.10 Å². The maximum atomic E-state index is 11.6. The van der Waals surface area contributed by atoms with Gasteiger partial charge in [-0.25, -0.2) is 0 Å². The summed E-state index contributed by atoms with van der Waals surface area (Å²) in [6, 6.07) is 0. The van der Waals surface area contributed by atoms with Gasteiger partial charge in [-0.3, -0.25) is 9.89 Å². The highest BCUT2D eigenvalue weighted by Gasteiger charge is 2.13. The van der Waals surface area contributed by atoms with Crippen molar-refractivity contribution in [3.8, 4) is 0 Å². The van der Waals surface area contributed by atoms with Gasteiger partial charge < -0.3 is 10.1 Å². The van der Waals surface area contributed by atoms with E-state index >= 15 is 0 Å². The third-order valence-corrected chi connectivity index (χ3v) is 2.51. The first kappa shape index (κ1) is 12.7. The van der Waals surface area contributed by atoms with Crippen LogP contribution in [0.15, 0.2) is 0 Å². The first-order valence-corrected chi connectivity index (χ1v) is 5.46. The second-order valence-corrected chi connectivity index (χ2v) is 3.73. The number of carbonyl (C=O) groups is 1. The fourth-order valence-electron chi connectivity index (χ4n) is 1.48. The van der Waals surface area contributed by atoms with Gasteiger partial charge in [0.05, 0.1) is 5.69 Å². The van der Waals surface area contributed by atoms with Crippen molar-refractivity contribution in [1.29, 1.82) is 0 Å². The Bertz CT molecular complexity index is 341. The predicted octanol–water partition coefficient (Wildman–Crippen LogP) is 1.07. The van der Waals surface area contributed by atoms with Crippen molar-refractivity contribution in [3.05, 3.63) is 17.0 Å². The quantitative estimate of drug-likeness (QED) is 0.787. The van der Waals surface area contributed by atoms with Crippen LogP contribution in [-0.4, -0.2) is 28.8 Å². The highest BCUT2D eigenvalue weighted by atomic mass is 16.5. The topological polar surface area (TPSA) is 67.0 Å². The van der Waals surface area contributed by atoms with E-state index < -0.39 is 6.10 Å². The summed E-state index contributed by atoms with van der Waals surface area (Å²) in [5, 5.41) is 9.78. The van der Waals surface area contributed by atoms with Crippen molar-refractivity contribution in [2.45, 2.75) is 40.3 Å². The minimum Gasteiger partial charge on any atom is -0.369 e. The van der Waals surface area contributed by atoms with Gasteiger partial charge >= 0.3 is 0 Å². The molecule has 0 saturated heterocycles. The zero-order valence-corrected chi connectivity index (χ0v) is 10.3. The molecule has 5 nitrogen and oxygen atoms in total. The van der Waals surface area contributed by atoms with Crippen molar-refractivity contribution in [1.82, 2.24) is 15.5 Å². The SMILES string of the molecule is CCO[C@@H](C)C(=O)NCc1c(C)n[nH]c1C. The lowest BCUT2D eigenvalue weighted by Crippen LogP contribution is -2.34. The highest BCUT2D eigenvalue weighted by molar-refractivity contribution is 5.80. The number of H-pyrrole nitrogens is 1. The van der Waals surface area contributed by atoms with E-state index in [1.54, 1.807) is 6.92 Å². The number of aromatic amines is 1. The van der Waals surface area contributed by atoms with Crippen LogP contribution in [0.25, 0.3) is 0 Å². The molecule has 1 atom stereocenters. The maximum Gasteiger partial charge on any atom is 0.249 e. The fourth-order valence-corrected chi connectivity index (χ4v) is 1.48. The van der Waals surface area contributed by atoms with Crippen molar-refractivity contribution in [2.75, 3.05) is 6.61 Å². The average molecular weight is 225 g/mol. The third kappa shape index (κ3) is 3.06. The zero-order valence-electron chi connectivity index (χ0n) is 10.3. The van der Waals surface area contributed by atoms with Gasteiger partial charge in [-0.2, -0.15) is 5.10 Å². The molecular formula is C11H19N3O2. The summed E-state index contributed by atoms with van der Waals surface area (Å²) in [5.74, 6) is -0.0955. The van der Waals surface area contributed by atoms with E-state index in [1.807, 2.05) is 20.8 Å². The highest BCUT2D eigenvalue weighted by Crippen LogP contribution is 2.08. The van der Waals surface area contributed by atoms with E-state index in [0.29, 0.717) is 13.2 Å². The number of nitrogens with one attached hydrogen (secondary N) is 2. The normalized spacial score (nSPS) is 12.5. The van der Waals surface area contributed by atoms with Crippen LogP contribution in [0.3, 0.4) is 0 Å². The molecule has 16 heavy (non-hydrogen) atoms. The summed E-state index contributed by atoms with van der Waals surface area (Å²) >= 11 is 0. The Labute approximate surface area is 95.6 Å². The lowest BCUT2D eigenvalue weighted by Gasteiger charge is -2.11. The monoisotopic (exact) mass is 225 g/mol. The number of hydrogen-bond acceptors (Lipinski definition) is 3. The summed E-state index contributed by atoms with van der Waals surface area (Å²) in [5.41, 5.74) is 2.95. The Kier molecular flexibility index (Phi) is 4.49. The van der Waals surface area contributed by atoms with E-state index in [0.717, 1.165) is 17.0 Å². The van der Waals surface area contributed by atoms with Crippen LogP contribution in [0.5, 0.6) is 0 Å². The van der Waals surface area contributed by atoms with Crippen LogP contribution in [-0.2, 0) is 16.1 Å². The molecule has 1 aromatic heterocycles. The number of hydrogen-bond donors (Lipinski definition) is 2. The molecule has 0 aliphatic heterocycles. The Morgan fingerprint density at radius 1 is 1.56 bits per heavy atom. The van der Waals surface area contributed by atoms with Crippen molar-refractivity contribution >= 4 is 5.91 Å². The third-order valence-electron chi connectivity index (χ3n) is 2.51. The molecule has 5 heteroatoms. The minimum atomic E-state index is -0.405. The van der Waals surface area contributed by atoms with E-state index in [2.05, 4.69) is 15.5 Å². The molecule has 1 heterocycles. The number of amides is 1. The van der Waals surface area contributed by atoms with Gasteiger partial charge in [-0.05, 0) is 27.7 Å². The zero-order chi connectivity index (χ0) is 12.1. The van der Waals surface area contributed by atoms with Crippen LogP contribution in [0.1, 0.15) is 30.8 Å².